The van der Waals surface area contributed by atoms with Gasteiger partial charge in [0.25, 0.3) is 0 Å². The van der Waals surface area contributed by atoms with E-state index in [4.69, 9.17) is 4.74 Å². The first-order valence-corrected chi connectivity index (χ1v) is 4.33. The minimum atomic E-state index is -0.0717. The third kappa shape index (κ3) is 0.940. The maximum atomic E-state index is 9.46. The summed E-state index contributed by atoms with van der Waals surface area (Å²) >= 11 is 0. The van der Waals surface area contributed by atoms with Gasteiger partial charge in [-0.25, -0.2) is 0 Å². The molecule has 12 heavy (non-hydrogen) atoms. The van der Waals surface area contributed by atoms with Gasteiger partial charge in [0.1, 0.15) is 12.2 Å². The topological polar surface area (TPSA) is 36.0 Å². The van der Waals surface area contributed by atoms with E-state index in [0.717, 1.165) is 12.8 Å². The number of piperidine rings is 1. The van der Waals surface area contributed by atoms with Crippen molar-refractivity contribution in [2.75, 3.05) is 7.05 Å². The van der Waals surface area contributed by atoms with Gasteiger partial charge in [0.15, 0.2) is 0 Å². The summed E-state index contributed by atoms with van der Waals surface area (Å²) in [5.41, 5.74) is 0. The Kier molecular flexibility index (Phi) is 1.88. The molecular formula is C8H14ClNO2. The van der Waals surface area contributed by atoms with Crippen LogP contribution in [0.1, 0.15) is 12.8 Å². The van der Waals surface area contributed by atoms with Gasteiger partial charge in [-0.1, -0.05) is 0 Å². The number of aliphatic hydroxyl groups excluding tert-OH is 1. The Labute approximate surface area is 78.1 Å². The molecule has 3 heterocycles. The number of morpholine rings is 1. The van der Waals surface area contributed by atoms with Crippen molar-refractivity contribution in [1.82, 2.24) is 4.90 Å². The molecule has 0 saturated carbocycles. The Morgan fingerprint density at radius 2 is 1.75 bits per heavy atom. The molecule has 4 atom stereocenters. The minimum Gasteiger partial charge on any atom is -0.393 e. The number of hydrogen-bond acceptors (Lipinski definition) is 3. The normalized spacial score (nSPS) is 56.0. The number of fused-ring (bicyclic) bond motifs is 5. The molecule has 2 bridgehead atoms. The summed E-state index contributed by atoms with van der Waals surface area (Å²) in [4.78, 5) is 2.38. The van der Waals surface area contributed by atoms with Crippen LogP contribution in [0.15, 0.2) is 0 Å². The average molecular weight is 192 g/mol. The maximum absolute atomic E-state index is 9.46. The fourth-order valence-electron chi connectivity index (χ4n) is 2.72. The van der Waals surface area contributed by atoms with Crippen molar-refractivity contribution in [3.8, 4) is 0 Å². The molecule has 0 aromatic carbocycles. The van der Waals surface area contributed by atoms with Crippen LogP contribution in [0, 0.1) is 0 Å². The second-order valence-corrected chi connectivity index (χ2v) is 3.99. The Balaban J connectivity index is 0.000000563. The molecule has 0 aromatic heterocycles. The first kappa shape index (κ1) is 8.75. The summed E-state index contributed by atoms with van der Waals surface area (Å²) in [6, 6.07) is 1.02. The number of nitrogens with zero attached hydrogens (tertiary/aromatic N) is 1. The molecule has 0 radical (unpaired) electrons. The molecule has 4 heteroatoms. The number of hydrogen-bond donors (Lipinski definition) is 1. The van der Waals surface area contributed by atoms with Gasteiger partial charge >= 0.3 is 0 Å². The van der Waals surface area contributed by atoms with E-state index in [2.05, 4.69) is 11.9 Å². The molecule has 3 saturated heterocycles. The predicted octanol–water partition coefficient (Wildman–Crippen LogP) is 0.0129. The van der Waals surface area contributed by atoms with Gasteiger partial charge in [0.05, 0.1) is 6.10 Å². The smallest absolute Gasteiger partial charge is 0.101 e. The van der Waals surface area contributed by atoms with Crippen LogP contribution in [-0.2, 0) is 4.74 Å². The Bertz CT molecular complexity index is 183. The standard InChI is InChI=1S/C8H13NO2.ClH/c1-9-5-2-4(10)3-6(9)8-7(5)11-8;/h4-8,10H,2-3H2,1H3;1H. The highest BCUT2D eigenvalue weighted by Crippen LogP contribution is 2.47. The first-order valence-electron chi connectivity index (χ1n) is 4.33. The first-order chi connectivity index (χ1) is 5.27. The van der Waals surface area contributed by atoms with Crippen LogP contribution in [0.2, 0.25) is 0 Å². The van der Waals surface area contributed by atoms with Crippen LogP contribution < -0.4 is 0 Å². The molecular weight excluding hydrogens is 178 g/mol. The molecule has 3 fully saturated rings. The Morgan fingerprint density at radius 1 is 1.25 bits per heavy atom. The highest BCUT2D eigenvalue weighted by Gasteiger charge is 2.62. The van der Waals surface area contributed by atoms with Crippen molar-refractivity contribution in [2.24, 2.45) is 0 Å². The van der Waals surface area contributed by atoms with Crippen molar-refractivity contribution in [3.63, 3.8) is 0 Å². The van der Waals surface area contributed by atoms with Gasteiger partial charge in [-0.2, -0.15) is 0 Å². The van der Waals surface area contributed by atoms with Crippen LogP contribution in [0.4, 0.5) is 0 Å². The number of aliphatic hydroxyl groups is 1. The minimum absolute atomic E-state index is 0. The summed E-state index contributed by atoms with van der Waals surface area (Å²) < 4.78 is 5.49. The molecule has 1 N–H and O–H groups in total. The monoisotopic (exact) mass is 191 g/mol. The van der Waals surface area contributed by atoms with Crippen LogP contribution in [-0.4, -0.2) is 47.4 Å². The summed E-state index contributed by atoms with van der Waals surface area (Å²) in [5, 5.41) is 9.46. The molecule has 0 aromatic rings. The molecule has 0 amide bonds. The number of likely N-dealkylation sites (N-methyl/N-ethyl adjacent to an activating group) is 1. The van der Waals surface area contributed by atoms with Crippen LogP contribution in [0.3, 0.4) is 0 Å². The molecule has 70 valence electrons. The highest BCUT2D eigenvalue weighted by atomic mass is 35.5. The van der Waals surface area contributed by atoms with Crippen LogP contribution >= 0.6 is 12.4 Å². The van der Waals surface area contributed by atoms with E-state index in [1.165, 1.54) is 0 Å². The molecule has 3 aliphatic heterocycles. The highest BCUT2D eigenvalue weighted by molar-refractivity contribution is 5.85. The van der Waals surface area contributed by atoms with Gasteiger partial charge in [-0.05, 0) is 19.9 Å². The summed E-state index contributed by atoms with van der Waals surface area (Å²) in [5.74, 6) is 0. The molecule has 0 aliphatic carbocycles. The fourth-order valence-corrected chi connectivity index (χ4v) is 2.72. The van der Waals surface area contributed by atoms with E-state index in [9.17, 15) is 5.11 Å². The van der Waals surface area contributed by atoms with E-state index >= 15 is 0 Å². The van der Waals surface area contributed by atoms with Crippen molar-refractivity contribution < 1.29 is 9.84 Å². The van der Waals surface area contributed by atoms with Gasteiger partial charge in [-0.3, -0.25) is 4.90 Å². The third-order valence-electron chi connectivity index (χ3n) is 3.39. The molecule has 4 unspecified atom stereocenters. The van der Waals surface area contributed by atoms with E-state index in [0.29, 0.717) is 24.3 Å². The lowest BCUT2D eigenvalue weighted by atomic mass is 10.00. The Hall–Kier alpha value is 0.170. The van der Waals surface area contributed by atoms with Crippen molar-refractivity contribution in [2.45, 2.75) is 43.2 Å². The van der Waals surface area contributed by atoms with E-state index in [1.54, 1.807) is 0 Å². The molecule has 0 spiro atoms. The molecule has 3 nitrogen and oxygen atoms in total. The average Bonchev–Trinajstić information content (AvgIpc) is 2.66. The second kappa shape index (κ2) is 2.58. The largest absolute Gasteiger partial charge is 0.393 e. The maximum Gasteiger partial charge on any atom is 0.101 e. The summed E-state index contributed by atoms with van der Waals surface area (Å²) in [6.45, 7) is 0. The van der Waals surface area contributed by atoms with Crippen molar-refractivity contribution in [3.05, 3.63) is 0 Å². The zero-order valence-corrected chi connectivity index (χ0v) is 7.83. The number of rotatable bonds is 0. The third-order valence-corrected chi connectivity index (χ3v) is 3.39. The molecule has 3 rings (SSSR count). The zero-order chi connectivity index (χ0) is 7.59. The predicted molar refractivity (Wildman–Crippen MR) is 46.5 cm³/mol. The van der Waals surface area contributed by atoms with Crippen molar-refractivity contribution in [1.29, 1.82) is 0 Å². The zero-order valence-electron chi connectivity index (χ0n) is 7.01. The number of epoxide rings is 1. The van der Waals surface area contributed by atoms with E-state index < -0.39 is 0 Å². The van der Waals surface area contributed by atoms with Gasteiger partial charge in [-0.15, -0.1) is 12.4 Å². The van der Waals surface area contributed by atoms with Crippen LogP contribution in [0.5, 0.6) is 0 Å². The Morgan fingerprint density at radius 3 is 2.25 bits per heavy atom. The lowest BCUT2D eigenvalue weighted by Crippen LogP contribution is -2.46. The summed E-state index contributed by atoms with van der Waals surface area (Å²) in [6.07, 6.45) is 2.67. The van der Waals surface area contributed by atoms with E-state index in [1.807, 2.05) is 0 Å². The fraction of sp³-hybridized carbons (Fsp3) is 1.00. The van der Waals surface area contributed by atoms with Gasteiger partial charge in [0.2, 0.25) is 0 Å². The SMILES string of the molecule is CN1C2CC(O)CC1C1OC12.Cl. The van der Waals surface area contributed by atoms with Gasteiger partial charge in [0, 0.05) is 12.1 Å². The van der Waals surface area contributed by atoms with Crippen LogP contribution in [0.25, 0.3) is 0 Å². The number of halogens is 1. The summed E-state index contributed by atoms with van der Waals surface area (Å²) in [7, 11) is 2.15. The number of ether oxygens (including phenoxy) is 1. The van der Waals surface area contributed by atoms with Crippen molar-refractivity contribution >= 4 is 12.4 Å². The lowest BCUT2D eigenvalue weighted by molar-refractivity contribution is 0.00149. The van der Waals surface area contributed by atoms with E-state index in [-0.39, 0.29) is 18.5 Å². The lowest BCUT2D eigenvalue weighted by Gasteiger charge is -2.36. The quantitative estimate of drug-likeness (QED) is 0.549. The molecule has 3 aliphatic rings. The van der Waals surface area contributed by atoms with Gasteiger partial charge < -0.3 is 9.84 Å². The second-order valence-electron chi connectivity index (χ2n) is 3.99.